The van der Waals surface area contributed by atoms with E-state index in [1.54, 1.807) is 24.3 Å². The third kappa shape index (κ3) is 6.02. The van der Waals surface area contributed by atoms with Crippen LogP contribution < -0.4 is 15.4 Å². The van der Waals surface area contributed by atoms with Gasteiger partial charge in [0.05, 0.1) is 18.2 Å². The van der Waals surface area contributed by atoms with Gasteiger partial charge in [0.25, 0.3) is 0 Å². The molecule has 0 aliphatic carbocycles. The molecular formula is C17H14F6N2OS. The SMILES string of the molecule is COc1ccc(CNC(=S)Nc2cc(C(F)(F)F)cc(C(F)(F)F)c2)cc1. The number of nitrogens with one attached hydrogen (secondary N) is 2. The van der Waals surface area contributed by atoms with E-state index in [2.05, 4.69) is 10.6 Å². The highest BCUT2D eigenvalue weighted by Gasteiger charge is 2.37. The van der Waals surface area contributed by atoms with Gasteiger partial charge in [-0.1, -0.05) is 12.1 Å². The lowest BCUT2D eigenvalue weighted by atomic mass is 10.1. The van der Waals surface area contributed by atoms with E-state index in [1.165, 1.54) is 7.11 Å². The van der Waals surface area contributed by atoms with Crippen molar-refractivity contribution in [1.29, 1.82) is 0 Å². The molecule has 0 radical (unpaired) electrons. The highest BCUT2D eigenvalue weighted by Crippen LogP contribution is 2.37. The second-order valence-electron chi connectivity index (χ2n) is 5.45. The zero-order chi connectivity index (χ0) is 20.2. The number of methoxy groups -OCH3 is 1. The van der Waals surface area contributed by atoms with Crippen LogP contribution in [-0.2, 0) is 18.9 Å². The third-order valence-electron chi connectivity index (χ3n) is 3.46. The predicted octanol–water partition coefficient (Wildman–Crippen LogP) is 5.22. The number of ether oxygens (including phenoxy) is 1. The van der Waals surface area contributed by atoms with Gasteiger partial charge in [-0.15, -0.1) is 0 Å². The lowest BCUT2D eigenvalue weighted by molar-refractivity contribution is -0.143. The molecule has 0 aliphatic heterocycles. The summed E-state index contributed by atoms with van der Waals surface area (Å²) in [5.74, 6) is 0.642. The Morgan fingerprint density at radius 2 is 1.44 bits per heavy atom. The first-order valence-corrected chi connectivity index (χ1v) is 7.87. The van der Waals surface area contributed by atoms with E-state index in [-0.39, 0.29) is 17.7 Å². The molecule has 0 aromatic heterocycles. The Morgan fingerprint density at radius 3 is 1.89 bits per heavy atom. The first kappa shape index (κ1) is 20.8. The maximum atomic E-state index is 12.9. The average molecular weight is 408 g/mol. The molecule has 0 bridgehead atoms. The van der Waals surface area contributed by atoms with Crippen LogP contribution in [0.1, 0.15) is 16.7 Å². The first-order valence-electron chi connectivity index (χ1n) is 7.46. The number of anilines is 1. The van der Waals surface area contributed by atoms with Crippen molar-refractivity contribution < 1.29 is 31.1 Å². The molecular weight excluding hydrogens is 394 g/mol. The second kappa shape index (κ2) is 8.03. The highest BCUT2D eigenvalue weighted by atomic mass is 32.1. The average Bonchev–Trinajstić information content (AvgIpc) is 2.58. The normalized spacial score (nSPS) is 11.8. The fourth-order valence-electron chi connectivity index (χ4n) is 2.13. The minimum Gasteiger partial charge on any atom is -0.497 e. The Kier molecular flexibility index (Phi) is 6.19. The highest BCUT2D eigenvalue weighted by molar-refractivity contribution is 7.80. The van der Waals surface area contributed by atoms with Gasteiger partial charge in [-0.2, -0.15) is 26.3 Å². The molecule has 0 atom stereocenters. The van der Waals surface area contributed by atoms with E-state index >= 15 is 0 Å². The number of hydrogen-bond acceptors (Lipinski definition) is 2. The van der Waals surface area contributed by atoms with Crippen molar-refractivity contribution in [1.82, 2.24) is 5.32 Å². The van der Waals surface area contributed by atoms with Crippen LogP contribution in [0.25, 0.3) is 0 Å². The summed E-state index contributed by atoms with van der Waals surface area (Å²) in [5, 5.41) is 4.96. The minimum atomic E-state index is -4.92. The summed E-state index contributed by atoms with van der Waals surface area (Å²) in [5.41, 5.74) is -2.46. The molecule has 0 spiro atoms. The molecule has 2 aromatic rings. The van der Waals surface area contributed by atoms with E-state index in [0.717, 1.165) is 5.56 Å². The largest absolute Gasteiger partial charge is 0.497 e. The number of thiocarbonyl (C=S) groups is 1. The van der Waals surface area contributed by atoms with Gasteiger partial charge in [0.2, 0.25) is 0 Å². The van der Waals surface area contributed by atoms with Crippen LogP contribution in [-0.4, -0.2) is 12.2 Å². The lowest BCUT2D eigenvalue weighted by Gasteiger charge is -2.16. The number of alkyl halides is 6. The Morgan fingerprint density at radius 1 is 0.926 bits per heavy atom. The summed E-state index contributed by atoms with van der Waals surface area (Å²) in [7, 11) is 1.51. The number of rotatable bonds is 4. The molecule has 0 saturated carbocycles. The number of halogens is 6. The van der Waals surface area contributed by atoms with Crippen molar-refractivity contribution in [2.45, 2.75) is 18.9 Å². The maximum absolute atomic E-state index is 12.9. The van der Waals surface area contributed by atoms with Gasteiger partial charge in [0, 0.05) is 12.2 Å². The van der Waals surface area contributed by atoms with Crippen molar-refractivity contribution >= 4 is 23.0 Å². The Labute approximate surface area is 156 Å². The topological polar surface area (TPSA) is 33.3 Å². The van der Waals surface area contributed by atoms with Gasteiger partial charge >= 0.3 is 12.4 Å². The Bertz CT molecular complexity index is 770. The first-order chi connectivity index (χ1) is 12.5. The van der Waals surface area contributed by atoms with E-state index < -0.39 is 29.2 Å². The predicted molar refractivity (Wildman–Crippen MR) is 92.5 cm³/mol. The van der Waals surface area contributed by atoms with Crippen LogP contribution in [0.3, 0.4) is 0 Å². The molecule has 0 unspecified atom stereocenters. The molecule has 0 heterocycles. The molecule has 2 aromatic carbocycles. The van der Waals surface area contributed by atoms with Crippen molar-refractivity contribution in [3.8, 4) is 5.75 Å². The maximum Gasteiger partial charge on any atom is 0.416 e. The lowest BCUT2D eigenvalue weighted by Crippen LogP contribution is -2.28. The zero-order valence-electron chi connectivity index (χ0n) is 13.8. The van der Waals surface area contributed by atoms with Crippen molar-refractivity contribution in [3.05, 3.63) is 59.2 Å². The standard InChI is InChI=1S/C17H14F6N2OS/c1-26-14-4-2-10(3-5-14)9-24-15(27)25-13-7-11(16(18,19)20)6-12(8-13)17(21,22)23/h2-8H,9H2,1H3,(H2,24,25,27). The van der Waals surface area contributed by atoms with E-state index in [4.69, 9.17) is 17.0 Å². The van der Waals surface area contributed by atoms with Gasteiger partial charge < -0.3 is 15.4 Å². The molecule has 2 rings (SSSR count). The summed E-state index contributed by atoms with van der Waals surface area (Å²) >= 11 is 4.95. The monoisotopic (exact) mass is 408 g/mol. The fraction of sp³-hybridized carbons (Fsp3) is 0.235. The van der Waals surface area contributed by atoms with E-state index in [0.29, 0.717) is 17.9 Å². The molecule has 0 amide bonds. The fourth-order valence-corrected chi connectivity index (χ4v) is 2.32. The number of hydrogen-bond donors (Lipinski definition) is 2. The van der Waals surface area contributed by atoms with E-state index in [1.807, 2.05) is 0 Å². The van der Waals surface area contributed by atoms with Crippen LogP contribution in [0.15, 0.2) is 42.5 Å². The van der Waals surface area contributed by atoms with Crippen LogP contribution in [0.5, 0.6) is 5.75 Å². The molecule has 3 nitrogen and oxygen atoms in total. The summed E-state index contributed by atoms with van der Waals surface area (Å²) in [6, 6.07) is 8.07. The summed E-state index contributed by atoms with van der Waals surface area (Å²) < 4.78 is 82.1. The van der Waals surface area contributed by atoms with Crippen molar-refractivity contribution in [2.24, 2.45) is 0 Å². The smallest absolute Gasteiger partial charge is 0.416 e. The molecule has 146 valence electrons. The zero-order valence-corrected chi connectivity index (χ0v) is 14.6. The molecule has 0 aliphatic rings. The van der Waals surface area contributed by atoms with Gasteiger partial charge in [0.15, 0.2) is 5.11 Å². The van der Waals surface area contributed by atoms with Crippen molar-refractivity contribution in [2.75, 3.05) is 12.4 Å². The Balaban J connectivity index is 2.11. The summed E-state index contributed by atoms with van der Waals surface area (Å²) in [6.45, 7) is 0.223. The van der Waals surface area contributed by atoms with Crippen LogP contribution in [0, 0.1) is 0 Å². The molecule has 0 fully saturated rings. The van der Waals surface area contributed by atoms with Gasteiger partial charge in [0.1, 0.15) is 5.75 Å². The van der Waals surface area contributed by atoms with Crippen molar-refractivity contribution in [3.63, 3.8) is 0 Å². The van der Waals surface area contributed by atoms with Gasteiger partial charge in [-0.05, 0) is 48.1 Å². The second-order valence-corrected chi connectivity index (χ2v) is 5.86. The number of benzene rings is 2. The van der Waals surface area contributed by atoms with Crippen LogP contribution >= 0.6 is 12.2 Å². The summed E-state index contributed by atoms with van der Waals surface area (Å²) in [6.07, 6.45) is -9.84. The molecule has 2 N–H and O–H groups in total. The molecule has 27 heavy (non-hydrogen) atoms. The summed E-state index contributed by atoms with van der Waals surface area (Å²) in [4.78, 5) is 0. The quantitative estimate of drug-likeness (QED) is 0.537. The van der Waals surface area contributed by atoms with E-state index in [9.17, 15) is 26.3 Å². The van der Waals surface area contributed by atoms with Gasteiger partial charge in [-0.25, -0.2) is 0 Å². The molecule has 0 saturated heterocycles. The Hall–Kier alpha value is -2.49. The minimum absolute atomic E-state index is 0.0546. The van der Waals surface area contributed by atoms with Crippen LogP contribution in [0.4, 0.5) is 32.0 Å². The van der Waals surface area contributed by atoms with Gasteiger partial charge in [-0.3, -0.25) is 0 Å². The third-order valence-corrected chi connectivity index (χ3v) is 3.70. The molecule has 10 heteroatoms. The van der Waals surface area contributed by atoms with Crippen LogP contribution in [0.2, 0.25) is 0 Å².